The second-order valence-corrected chi connectivity index (χ2v) is 10.6. The van der Waals surface area contributed by atoms with Crippen molar-refractivity contribution in [1.29, 1.82) is 0 Å². The third kappa shape index (κ3) is 9.47. The lowest BCUT2D eigenvalue weighted by Gasteiger charge is -2.30. The molecule has 4 heterocycles. The second-order valence-electron chi connectivity index (χ2n) is 10.6. The molecule has 1 saturated heterocycles. The summed E-state index contributed by atoms with van der Waals surface area (Å²) in [5.41, 5.74) is 14.3. The number of benzene rings is 2. The Balaban J connectivity index is 0.000000671. The van der Waals surface area contributed by atoms with Crippen LogP contribution in [0.3, 0.4) is 0 Å². The topological polar surface area (TPSA) is 190 Å². The number of nitrogens with two attached hydrogens (primary N) is 1. The van der Waals surface area contributed by atoms with Gasteiger partial charge in [-0.05, 0) is 61.9 Å². The van der Waals surface area contributed by atoms with Crippen LogP contribution in [0.2, 0.25) is 0 Å². The fraction of sp³-hybridized carbons (Fsp3) is 0.323. The molecule has 14 nitrogen and oxygen atoms in total. The van der Waals surface area contributed by atoms with Crippen LogP contribution in [0.15, 0.2) is 65.9 Å². The van der Waals surface area contributed by atoms with Gasteiger partial charge in [-0.25, -0.2) is 9.79 Å². The van der Waals surface area contributed by atoms with Gasteiger partial charge < -0.3 is 35.3 Å². The maximum Gasteiger partial charge on any atom is 0.490 e. The van der Waals surface area contributed by atoms with Crippen LogP contribution in [0, 0.1) is 0 Å². The normalized spacial score (nSPS) is 17.0. The summed E-state index contributed by atoms with van der Waals surface area (Å²) in [5, 5.41) is 10.4. The third-order valence-corrected chi connectivity index (χ3v) is 6.81. The standard InChI is InChI=1S/C29H33N7O5.C2HF3O2/c1-18(2)41-24-8-5-20-15-25(24)40-17-32-27(30)19-3-6-21(7-4-19)33-26(20)29(38)35-34-28(37)22-16-31-10-9-23(22)36-11-13-39-14-12-36;3-2(4,5)1(6)7/h3-10,15-16,18,26,33H,11-14,17H2,1-2H3,(H2,30,32)(H,34,37)(H,35,38);(H,6,7). The van der Waals surface area contributed by atoms with Gasteiger partial charge in [0.25, 0.3) is 11.8 Å². The van der Waals surface area contributed by atoms with E-state index in [4.69, 9.17) is 29.8 Å². The summed E-state index contributed by atoms with van der Waals surface area (Å²) in [5.74, 6) is -2.50. The lowest BCUT2D eigenvalue weighted by molar-refractivity contribution is -0.192. The molecule has 0 aliphatic carbocycles. The quantitative estimate of drug-likeness (QED) is 0.250. The molecule has 2 amide bonds. The fourth-order valence-electron chi connectivity index (χ4n) is 4.54. The first-order chi connectivity index (χ1) is 22.8. The number of nitrogens with zero attached hydrogens (tertiary/aromatic N) is 3. The molecule has 2 aromatic carbocycles. The van der Waals surface area contributed by atoms with E-state index in [1.165, 1.54) is 6.20 Å². The highest BCUT2D eigenvalue weighted by Crippen LogP contribution is 2.33. The number of fused-ring (bicyclic) bond motifs is 5. The van der Waals surface area contributed by atoms with Crippen LogP contribution in [0.1, 0.15) is 41.4 Å². The Kier molecular flexibility index (Phi) is 11.6. The van der Waals surface area contributed by atoms with Crippen LogP contribution < -0.4 is 36.3 Å². The lowest BCUT2D eigenvalue weighted by Crippen LogP contribution is -2.46. The molecule has 3 aliphatic heterocycles. The number of alkyl halides is 3. The molecule has 1 fully saturated rings. The minimum Gasteiger partial charge on any atom is -0.487 e. The van der Waals surface area contributed by atoms with Gasteiger partial charge in [-0.2, -0.15) is 13.2 Å². The van der Waals surface area contributed by atoms with Crippen molar-refractivity contribution in [2.24, 2.45) is 10.7 Å². The van der Waals surface area contributed by atoms with Crippen LogP contribution in [-0.2, 0) is 14.3 Å². The summed E-state index contributed by atoms with van der Waals surface area (Å²) in [6.07, 6.45) is -2.07. The van der Waals surface area contributed by atoms with Gasteiger partial charge in [0.05, 0.1) is 30.6 Å². The number of hydrogen-bond donors (Lipinski definition) is 5. The number of aromatic nitrogens is 1. The van der Waals surface area contributed by atoms with Gasteiger partial charge in [0.15, 0.2) is 18.2 Å². The van der Waals surface area contributed by atoms with E-state index in [2.05, 4.69) is 31.0 Å². The highest BCUT2D eigenvalue weighted by atomic mass is 19.4. The number of ether oxygens (including phenoxy) is 3. The van der Waals surface area contributed by atoms with Crippen molar-refractivity contribution in [3.05, 3.63) is 77.6 Å². The molecule has 3 aliphatic rings. The van der Waals surface area contributed by atoms with Crippen LogP contribution in [0.25, 0.3) is 0 Å². The number of amidine groups is 1. The number of nitrogens with one attached hydrogen (secondary N) is 3. The summed E-state index contributed by atoms with van der Waals surface area (Å²) in [4.78, 5) is 46.2. The minimum atomic E-state index is -5.08. The Hall–Kier alpha value is -5.58. The first-order valence-corrected chi connectivity index (χ1v) is 14.6. The number of aliphatic imine (C=N–C) groups is 1. The maximum absolute atomic E-state index is 13.6. The van der Waals surface area contributed by atoms with E-state index in [0.717, 1.165) is 5.69 Å². The highest BCUT2D eigenvalue weighted by Gasteiger charge is 2.38. The smallest absolute Gasteiger partial charge is 0.487 e. The first-order valence-electron chi connectivity index (χ1n) is 14.6. The van der Waals surface area contributed by atoms with E-state index >= 15 is 0 Å². The first kappa shape index (κ1) is 35.3. The molecule has 256 valence electrons. The van der Waals surface area contributed by atoms with Crippen molar-refractivity contribution in [3.8, 4) is 11.5 Å². The number of hydrogen-bond acceptors (Lipinski definition) is 11. The molecule has 0 saturated carbocycles. The molecular weight excluding hydrogens is 639 g/mol. The van der Waals surface area contributed by atoms with Crippen molar-refractivity contribution in [3.63, 3.8) is 0 Å². The monoisotopic (exact) mass is 673 g/mol. The average Bonchev–Trinajstić information content (AvgIpc) is 3.08. The number of carbonyl (C=O) groups is 3. The van der Waals surface area contributed by atoms with Crippen LogP contribution in [0.4, 0.5) is 24.5 Å². The fourth-order valence-corrected chi connectivity index (χ4v) is 4.54. The number of halogens is 3. The molecular formula is C31H34F3N7O7. The Morgan fingerprint density at radius 3 is 2.42 bits per heavy atom. The maximum atomic E-state index is 13.6. The number of carboxylic acids is 1. The summed E-state index contributed by atoms with van der Waals surface area (Å²) < 4.78 is 49.0. The van der Waals surface area contributed by atoms with Gasteiger partial charge in [0, 0.05) is 36.7 Å². The zero-order chi connectivity index (χ0) is 34.8. The zero-order valence-corrected chi connectivity index (χ0v) is 25.9. The van der Waals surface area contributed by atoms with E-state index in [9.17, 15) is 22.8 Å². The number of anilines is 2. The molecule has 1 unspecified atom stereocenters. The molecule has 6 N–H and O–H groups in total. The number of pyridine rings is 1. The SMILES string of the molecule is CC(C)Oc1ccc2cc1OC/N=C(/N)c1ccc(cc1)NC2C(=O)NNC(=O)c1cnccc1N1CCOCC1.O=C(O)C(F)(F)F. The average molecular weight is 674 g/mol. The second kappa shape index (κ2) is 15.8. The predicted molar refractivity (Wildman–Crippen MR) is 168 cm³/mol. The molecule has 1 atom stereocenters. The summed E-state index contributed by atoms with van der Waals surface area (Å²) in [7, 11) is 0. The van der Waals surface area contributed by atoms with Gasteiger partial charge in [0.1, 0.15) is 11.9 Å². The van der Waals surface area contributed by atoms with Crippen molar-refractivity contribution in [2.45, 2.75) is 32.2 Å². The number of hydrazine groups is 1. The largest absolute Gasteiger partial charge is 0.490 e. The summed E-state index contributed by atoms with van der Waals surface area (Å²) in [6, 6.07) is 13.3. The molecule has 3 aromatic rings. The van der Waals surface area contributed by atoms with Crippen molar-refractivity contribution < 1.29 is 46.9 Å². The Morgan fingerprint density at radius 2 is 1.77 bits per heavy atom. The minimum absolute atomic E-state index is 0.0393. The molecule has 0 spiro atoms. The number of morpholine rings is 1. The number of carbonyl (C=O) groups excluding carboxylic acids is 2. The Morgan fingerprint density at radius 1 is 1.08 bits per heavy atom. The number of amides is 2. The van der Waals surface area contributed by atoms with Gasteiger partial charge in [-0.1, -0.05) is 6.07 Å². The van der Waals surface area contributed by atoms with Gasteiger partial charge >= 0.3 is 12.1 Å². The van der Waals surface area contributed by atoms with Crippen molar-refractivity contribution in [2.75, 3.05) is 43.3 Å². The molecule has 1 aromatic heterocycles. The molecule has 6 rings (SSSR count). The van der Waals surface area contributed by atoms with Crippen LogP contribution in [-0.4, -0.2) is 79.0 Å². The number of rotatable bonds is 5. The number of aliphatic carboxylic acids is 1. The molecule has 0 radical (unpaired) electrons. The summed E-state index contributed by atoms with van der Waals surface area (Å²) in [6.45, 7) is 6.22. The van der Waals surface area contributed by atoms with Crippen LogP contribution in [0.5, 0.6) is 11.5 Å². The van der Waals surface area contributed by atoms with E-state index in [1.54, 1.807) is 54.7 Å². The Labute approximate surface area is 273 Å². The molecule has 4 bridgehead atoms. The van der Waals surface area contributed by atoms with E-state index in [1.807, 2.05) is 13.8 Å². The highest BCUT2D eigenvalue weighted by molar-refractivity contribution is 6.01. The molecule has 48 heavy (non-hydrogen) atoms. The van der Waals surface area contributed by atoms with Gasteiger partial charge in [-0.3, -0.25) is 25.4 Å². The van der Waals surface area contributed by atoms with Crippen LogP contribution >= 0.6 is 0 Å². The van der Waals surface area contributed by atoms with Gasteiger partial charge in [-0.15, -0.1) is 0 Å². The third-order valence-electron chi connectivity index (χ3n) is 6.81. The van der Waals surface area contributed by atoms with Crippen molar-refractivity contribution in [1.82, 2.24) is 15.8 Å². The lowest BCUT2D eigenvalue weighted by atomic mass is 10.0. The summed E-state index contributed by atoms with van der Waals surface area (Å²) >= 11 is 0. The zero-order valence-electron chi connectivity index (χ0n) is 25.9. The number of carboxylic acid groups (broad SMARTS) is 1. The van der Waals surface area contributed by atoms with Crippen molar-refractivity contribution >= 4 is 35.0 Å². The van der Waals surface area contributed by atoms with E-state index in [0.29, 0.717) is 66.0 Å². The Bertz CT molecular complexity index is 1630. The molecule has 17 heteroatoms. The van der Waals surface area contributed by atoms with E-state index < -0.39 is 30.0 Å². The predicted octanol–water partition coefficient (Wildman–Crippen LogP) is 3.01. The van der Waals surface area contributed by atoms with E-state index in [-0.39, 0.29) is 12.8 Å². The van der Waals surface area contributed by atoms with Gasteiger partial charge in [0.2, 0.25) is 0 Å².